The molecule has 0 N–H and O–H groups in total. The van der Waals surface area contributed by atoms with E-state index >= 15 is 0 Å². The highest BCUT2D eigenvalue weighted by Gasteiger charge is 2.12. The van der Waals surface area contributed by atoms with Gasteiger partial charge in [-0.15, -0.1) is 0 Å². The molecule has 15 heavy (non-hydrogen) atoms. The van der Waals surface area contributed by atoms with Crippen LogP contribution in [0.1, 0.15) is 31.7 Å². The molecule has 2 nitrogen and oxygen atoms in total. The number of halogens is 1. The maximum absolute atomic E-state index is 12.9. The Balaban J connectivity index is 2.60. The highest BCUT2D eigenvalue weighted by atomic mass is 19.1. The van der Waals surface area contributed by atoms with Gasteiger partial charge >= 0.3 is 5.97 Å². The predicted octanol–water partition coefficient (Wildman–Crippen LogP) is 2.88. The van der Waals surface area contributed by atoms with E-state index in [0.717, 1.165) is 5.56 Å². The van der Waals surface area contributed by atoms with Gasteiger partial charge in [-0.3, -0.25) is 4.79 Å². The van der Waals surface area contributed by atoms with Crippen molar-refractivity contribution in [1.82, 2.24) is 0 Å². The van der Waals surface area contributed by atoms with E-state index < -0.39 is 0 Å². The quantitative estimate of drug-likeness (QED) is 0.714. The Bertz CT molecular complexity index is 336. The van der Waals surface area contributed by atoms with Gasteiger partial charge in [-0.1, -0.05) is 19.1 Å². The predicted molar refractivity (Wildman–Crippen MR) is 56.1 cm³/mol. The van der Waals surface area contributed by atoms with Crippen LogP contribution in [0, 0.1) is 5.82 Å². The van der Waals surface area contributed by atoms with Gasteiger partial charge in [0, 0.05) is 0 Å². The summed E-state index contributed by atoms with van der Waals surface area (Å²) in [7, 11) is 0. The fraction of sp³-hybridized carbons (Fsp3) is 0.417. The lowest BCUT2D eigenvalue weighted by molar-refractivity contribution is -0.143. The van der Waals surface area contributed by atoms with E-state index in [9.17, 15) is 9.18 Å². The van der Waals surface area contributed by atoms with E-state index in [1.165, 1.54) is 12.1 Å². The third-order valence-corrected chi connectivity index (χ3v) is 2.20. The highest BCUT2D eigenvalue weighted by Crippen LogP contribution is 2.19. The van der Waals surface area contributed by atoms with Gasteiger partial charge in [0.25, 0.3) is 0 Å². The molecule has 1 unspecified atom stereocenters. The van der Waals surface area contributed by atoms with Crippen molar-refractivity contribution in [1.29, 1.82) is 0 Å². The molecule has 0 saturated heterocycles. The van der Waals surface area contributed by atoms with Gasteiger partial charge in [0.15, 0.2) is 0 Å². The Kier molecular flexibility index (Phi) is 4.28. The molecule has 1 aromatic carbocycles. The zero-order valence-electron chi connectivity index (χ0n) is 9.00. The van der Waals surface area contributed by atoms with Gasteiger partial charge in [0.05, 0.1) is 13.0 Å². The molecule has 0 spiro atoms. The molecule has 0 saturated carbocycles. The second-order valence-corrected chi connectivity index (χ2v) is 3.47. The Morgan fingerprint density at radius 1 is 1.53 bits per heavy atom. The first-order chi connectivity index (χ1) is 7.13. The van der Waals surface area contributed by atoms with E-state index in [2.05, 4.69) is 0 Å². The standard InChI is InChI=1S/C12H15FO2/c1-3-15-12(14)7-9(2)10-5-4-6-11(13)8-10/h4-6,8-9H,3,7H2,1-2H3. The SMILES string of the molecule is CCOC(=O)CC(C)c1cccc(F)c1. The van der Waals surface area contributed by atoms with E-state index in [1.54, 1.807) is 13.0 Å². The number of rotatable bonds is 4. The number of benzene rings is 1. The normalized spacial score (nSPS) is 12.2. The Morgan fingerprint density at radius 3 is 2.87 bits per heavy atom. The summed E-state index contributed by atoms with van der Waals surface area (Å²) < 4.78 is 17.7. The first-order valence-corrected chi connectivity index (χ1v) is 5.04. The molecule has 0 radical (unpaired) electrons. The lowest BCUT2D eigenvalue weighted by Crippen LogP contribution is -2.08. The van der Waals surface area contributed by atoms with Crippen LogP contribution in [-0.2, 0) is 9.53 Å². The maximum atomic E-state index is 12.9. The Hall–Kier alpha value is -1.38. The molecule has 1 aromatic rings. The first kappa shape index (κ1) is 11.7. The minimum atomic E-state index is -0.275. The lowest BCUT2D eigenvalue weighted by atomic mass is 9.98. The Morgan fingerprint density at radius 2 is 2.27 bits per heavy atom. The summed E-state index contributed by atoms with van der Waals surface area (Å²) >= 11 is 0. The summed E-state index contributed by atoms with van der Waals surface area (Å²) in [4.78, 5) is 11.2. The second-order valence-electron chi connectivity index (χ2n) is 3.47. The molecule has 1 atom stereocenters. The van der Waals surface area contributed by atoms with E-state index in [-0.39, 0.29) is 24.1 Å². The summed E-state index contributed by atoms with van der Waals surface area (Å²) in [5.74, 6) is -0.530. The van der Waals surface area contributed by atoms with Crippen molar-refractivity contribution in [3.05, 3.63) is 35.6 Å². The maximum Gasteiger partial charge on any atom is 0.306 e. The molecule has 0 amide bonds. The fourth-order valence-electron chi connectivity index (χ4n) is 1.40. The van der Waals surface area contributed by atoms with Crippen LogP contribution in [0.25, 0.3) is 0 Å². The van der Waals surface area contributed by atoms with Gasteiger partial charge in [-0.05, 0) is 30.5 Å². The van der Waals surface area contributed by atoms with E-state index in [4.69, 9.17) is 4.74 Å². The van der Waals surface area contributed by atoms with Gasteiger partial charge in [-0.2, -0.15) is 0 Å². The summed E-state index contributed by atoms with van der Waals surface area (Å²) in [6, 6.07) is 6.30. The smallest absolute Gasteiger partial charge is 0.306 e. The van der Waals surface area contributed by atoms with Crippen LogP contribution in [-0.4, -0.2) is 12.6 Å². The Labute approximate surface area is 89.1 Å². The van der Waals surface area contributed by atoms with Gasteiger partial charge in [-0.25, -0.2) is 4.39 Å². The average Bonchev–Trinajstić information content (AvgIpc) is 2.18. The zero-order valence-corrected chi connectivity index (χ0v) is 9.00. The van der Waals surface area contributed by atoms with Crippen molar-refractivity contribution in [2.75, 3.05) is 6.61 Å². The number of ether oxygens (including phenoxy) is 1. The number of carbonyl (C=O) groups excluding carboxylic acids is 1. The van der Waals surface area contributed by atoms with Gasteiger partial charge in [0.2, 0.25) is 0 Å². The van der Waals surface area contributed by atoms with Crippen LogP contribution in [0.4, 0.5) is 4.39 Å². The van der Waals surface area contributed by atoms with Crippen LogP contribution in [0.15, 0.2) is 24.3 Å². The third-order valence-electron chi connectivity index (χ3n) is 2.20. The molecule has 0 aliphatic carbocycles. The second kappa shape index (κ2) is 5.49. The summed E-state index contributed by atoms with van der Waals surface area (Å²) in [5.41, 5.74) is 0.822. The van der Waals surface area contributed by atoms with Crippen molar-refractivity contribution in [2.24, 2.45) is 0 Å². The summed E-state index contributed by atoms with van der Waals surface area (Å²) in [5, 5.41) is 0. The summed E-state index contributed by atoms with van der Waals surface area (Å²) in [6.07, 6.45) is 0.289. The highest BCUT2D eigenvalue weighted by molar-refractivity contribution is 5.70. The summed E-state index contributed by atoms with van der Waals surface area (Å²) in [6.45, 7) is 4.03. The minimum Gasteiger partial charge on any atom is -0.466 e. The third kappa shape index (κ3) is 3.70. The van der Waals surface area contributed by atoms with E-state index in [1.807, 2.05) is 13.0 Å². The van der Waals surface area contributed by atoms with Crippen molar-refractivity contribution in [2.45, 2.75) is 26.2 Å². The van der Waals surface area contributed by atoms with Crippen molar-refractivity contribution >= 4 is 5.97 Å². The van der Waals surface area contributed by atoms with E-state index in [0.29, 0.717) is 6.61 Å². The molecule has 0 aliphatic heterocycles. The molecular formula is C12H15FO2. The van der Waals surface area contributed by atoms with Crippen LogP contribution >= 0.6 is 0 Å². The molecule has 0 bridgehead atoms. The zero-order chi connectivity index (χ0) is 11.3. The topological polar surface area (TPSA) is 26.3 Å². The molecule has 0 fully saturated rings. The fourth-order valence-corrected chi connectivity index (χ4v) is 1.40. The van der Waals surface area contributed by atoms with Gasteiger partial charge < -0.3 is 4.74 Å². The van der Waals surface area contributed by atoms with Crippen molar-refractivity contribution < 1.29 is 13.9 Å². The average molecular weight is 210 g/mol. The molecule has 0 aliphatic rings. The van der Waals surface area contributed by atoms with Crippen LogP contribution in [0.5, 0.6) is 0 Å². The lowest BCUT2D eigenvalue weighted by Gasteiger charge is -2.10. The molecule has 3 heteroatoms. The van der Waals surface area contributed by atoms with Crippen LogP contribution in [0.2, 0.25) is 0 Å². The first-order valence-electron chi connectivity index (χ1n) is 5.04. The number of esters is 1. The number of hydrogen-bond acceptors (Lipinski definition) is 2. The van der Waals surface area contributed by atoms with Crippen LogP contribution < -0.4 is 0 Å². The molecule has 0 heterocycles. The van der Waals surface area contributed by atoms with Gasteiger partial charge in [0.1, 0.15) is 5.82 Å². The van der Waals surface area contributed by atoms with Crippen LogP contribution in [0.3, 0.4) is 0 Å². The number of carbonyl (C=O) groups is 1. The van der Waals surface area contributed by atoms with Crippen molar-refractivity contribution in [3.63, 3.8) is 0 Å². The minimum absolute atomic E-state index is 0.0141. The molecule has 1 rings (SSSR count). The molecule has 0 aromatic heterocycles. The molecular weight excluding hydrogens is 195 g/mol. The van der Waals surface area contributed by atoms with Crippen molar-refractivity contribution in [3.8, 4) is 0 Å². The molecule has 82 valence electrons. The monoisotopic (exact) mass is 210 g/mol. The number of hydrogen-bond donors (Lipinski definition) is 0. The largest absolute Gasteiger partial charge is 0.466 e.